The highest BCUT2D eigenvalue weighted by atomic mass is 32.1. The van der Waals surface area contributed by atoms with Crippen LogP contribution in [0.4, 0.5) is 0 Å². The molecule has 134 valence electrons. The first-order valence-corrected chi connectivity index (χ1v) is 8.60. The van der Waals surface area contributed by atoms with E-state index in [2.05, 4.69) is 9.97 Å². The zero-order valence-corrected chi connectivity index (χ0v) is 14.8. The van der Waals surface area contributed by atoms with Crippen molar-refractivity contribution in [2.45, 2.75) is 26.3 Å². The zero-order valence-electron chi connectivity index (χ0n) is 14.0. The average Bonchev–Trinajstić information content (AvgIpc) is 2.95. The number of carbonyl (C=O) groups is 2. The van der Waals surface area contributed by atoms with Gasteiger partial charge in [0.25, 0.3) is 5.56 Å². The summed E-state index contributed by atoms with van der Waals surface area (Å²) in [5.41, 5.74) is 0.268. The van der Waals surface area contributed by atoms with Crippen LogP contribution >= 0.6 is 11.3 Å². The topological polar surface area (TPSA) is 122 Å². The molecule has 0 bridgehead atoms. The van der Waals surface area contributed by atoms with Gasteiger partial charge in [0.2, 0.25) is 0 Å². The second-order valence-electron chi connectivity index (χ2n) is 5.65. The monoisotopic (exact) mass is 373 g/mol. The largest absolute Gasteiger partial charge is 0.480 e. The maximum atomic E-state index is 13.1. The van der Waals surface area contributed by atoms with Crippen LogP contribution in [0.25, 0.3) is 21.6 Å². The van der Waals surface area contributed by atoms with E-state index in [1.807, 2.05) is 0 Å². The molecule has 0 aliphatic rings. The van der Waals surface area contributed by atoms with E-state index in [-0.39, 0.29) is 27.3 Å². The van der Waals surface area contributed by atoms with Crippen LogP contribution < -0.4 is 5.56 Å². The van der Waals surface area contributed by atoms with Crippen molar-refractivity contribution in [3.63, 3.8) is 0 Å². The molecule has 0 radical (unpaired) electrons. The molecule has 26 heavy (non-hydrogen) atoms. The highest BCUT2D eigenvalue weighted by Gasteiger charge is 2.27. The highest BCUT2D eigenvalue weighted by Crippen LogP contribution is 2.30. The fraction of sp³-hybridized carbons (Fsp3) is 0.235. The van der Waals surface area contributed by atoms with E-state index in [0.717, 1.165) is 15.9 Å². The Labute approximate surface area is 151 Å². The number of carboxylic acid groups (broad SMARTS) is 2. The lowest BCUT2D eigenvalue weighted by atomic mass is 10.1. The second kappa shape index (κ2) is 6.68. The molecule has 3 aromatic heterocycles. The van der Waals surface area contributed by atoms with E-state index < -0.39 is 23.5 Å². The Morgan fingerprint density at radius 1 is 1.27 bits per heavy atom. The van der Waals surface area contributed by atoms with Crippen LogP contribution in [0, 0.1) is 6.92 Å². The van der Waals surface area contributed by atoms with E-state index >= 15 is 0 Å². The van der Waals surface area contributed by atoms with E-state index in [9.17, 15) is 24.6 Å². The van der Waals surface area contributed by atoms with Crippen molar-refractivity contribution in [1.29, 1.82) is 0 Å². The molecule has 0 aliphatic carbocycles. The van der Waals surface area contributed by atoms with E-state index in [1.165, 1.54) is 19.3 Å². The number of aromatic nitrogens is 3. The Kier molecular flexibility index (Phi) is 4.56. The van der Waals surface area contributed by atoms with Gasteiger partial charge in [-0.3, -0.25) is 14.3 Å². The Hall–Kier alpha value is -3.07. The number of aromatic carboxylic acids is 1. The fourth-order valence-corrected chi connectivity index (χ4v) is 3.87. The molecular formula is C17H15N3O5S. The summed E-state index contributed by atoms with van der Waals surface area (Å²) in [7, 11) is 0. The summed E-state index contributed by atoms with van der Waals surface area (Å²) >= 11 is 0.904. The molecule has 0 fully saturated rings. The molecule has 1 atom stereocenters. The molecule has 0 spiro atoms. The lowest BCUT2D eigenvalue weighted by molar-refractivity contribution is -0.141. The van der Waals surface area contributed by atoms with Gasteiger partial charge in [-0.15, -0.1) is 11.3 Å². The Bertz CT molecular complexity index is 1070. The Morgan fingerprint density at radius 2 is 1.92 bits per heavy atom. The lowest BCUT2D eigenvalue weighted by Gasteiger charge is -2.18. The third-order valence-electron chi connectivity index (χ3n) is 4.11. The number of aryl methyl sites for hydroxylation is 1. The Balaban J connectivity index is 2.46. The molecule has 9 heteroatoms. The molecule has 3 aromatic rings. The number of pyridine rings is 1. The zero-order chi connectivity index (χ0) is 19.0. The first-order valence-electron chi connectivity index (χ1n) is 7.78. The van der Waals surface area contributed by atoms with Gasteiger partial charge in [0.1, 0.15) is 21.6 Å². The predicted molar refractivity (Wildman–Crippen MR) is 95.8 cm³/mol. The van der Waals surface area contributed by atoms with Gasteiger partial charge < -0.3 is 10.2 Å². The number of rotatable bonds is 5. The van der Waals surface area contributed by atoms with Crippen LogP contribution in [0.3, 0.4) is 0 Å². The molecule has 1 unspecified atom stereocenters. The van der Waals surface area contributed by atoms with Crippen LogP contribution in [0.5, 0.6) is 0 Å². The van der Waals surface area contributed by atoms with Crippen molar-refractivity contribution < 1.29 is 19.8 Å². The number of thiophene rings is 1. The molecular weight excluding hydrogens is 358 g/mol. The summed E-state index contributed by atoms with van der Waals surface area (Å²) in [6.07, 6.45) is 3.20. The van der Waals surface area contributed by atoms with Gasteiger partial charge >= 0.3 is 11.9 Å². The maximum absolute atomic E-state index is 13.1. The maximum Gasteiger partial charge on any atom is 0.346 e. The fourth-order valence-electron chi connectivity index (χ4n) is 2.86. The minimum Gasteiger partial charge on any atom is -0.480 e. The quantitative estimate of drug-likeness (QED) is 0.704. The molecule has 0 saturated carbocycles. The summed E-state index contributed by atoms with van der Waals surface area (Å²) in [6.45, 7) is 3.19. The molecule has 0 aromatic carbocycles. The normalized spacial score (nSPS) is 12.2. The molecule has 0 amide bonds. The van der Waals surface area contributed by atoms with E-state index in [4.69, 9.17) is 0 Å². The summed E-state index contributed by atoms with van der Waals surface area (Å²) < 4.78 is 1.13. The van der Waals surface area contributed by atoms with Crippen molar-refractivity contribution in [2.24, 2.45) is 0 Å². The van der Waals surface area contributed by atoms with Crippen LogP contribution in [-0.4, -0.2) is 36.7 Å². The van der Waals surface area contributed by atoms with Gasteiger partial charge in [0.05, 0.1) is 5.39 Å². The second-order valence-corrected chi connectivity index (χ2v) is 6.65. The van der Waals surface area contributed by atoms with Crippen molar-refractivity contribution >= 4 is 33.5 Å². The number of fused-ring (bicyclic) bond motifs is 1. The molecule has 3 heterocycles. The van der Waals surface area contributed by atoms with Crippen molar-refractivity contribution in [1.82, 2.24) is 14.5 Å². The minimum absolute atomic E-state index is 0.0198. The third kappa shape index (κ3) is 2.76. The van der Waals surface area contributed by atoms with Gasteiger partial charge in [-0.25, -0.2) is 14.6 Å². The number of carboxylic acids is 2. The van der Waals surface area contributed by atoms with Crippen molar-refractivity contribution in [3.8, 4) is 11.4 Å². The first kappa shape index (κ1) is 17.7. The number of hydrogen-bond donors (Lipinski definition) is 2. The van der Waals surface area contributed by atoms with Gasteiger partial charge in [-0.1, -0.05) is 6.92 Å². The SMILES string of the molecule is CCC(C(=O)O)n1c(-c2ccncc2)nc2sc(C(=O)O)c(C)c2c1=O. The van der Waals surface area contributed by atoms with Crippen molar-refractivity contribution in [3.05, 3.63) is 45.3 Å². The third-order valence-corrected chi connectivity index (χ3v) is 5.29. The molecule has 8 nitrogen and oxygen atoms in total. The summed E-state index contributed by atoms with van der Waals surface area (Å²) in [4.78, 5) is 44.9. The van der Waals surface area contributed by atoms with Gasteiger partial charge in [0, 0.05) is 18.0 Å². The van der Waals surface area contributed by atoms with E-state index in [0.29, 0.717) is 11.1 Å². The van der Waals surface area contributed by atoms with Crippen molar-refractivity contribution in [2.75, 3.05) is 0 Å². The predicted octanol–water partition coefficient (Wildman–Crippen LogP) is 2.56. The summed E-state index contributed by atoms with van der Waals surface area (Å²) in [6, 6.07) is 2.13. The summed E-state index contributed by atoms with van der Waals surface area (Å²) in [5.74, 6) is -2.12. The molecule has 3 rings (SSSR count). The van der Waals surface area contributed by atoms with Crippen LogP contribution in [0.2, 0.25) is 0 Å². The van der Waals surface area contributed by atoms with Gasteiger partial charge in [-0.2, -0.15) is 0 Å². The molecule has 0 saturated heterocycles. The van der Waals surface area contributed by atoms with E-state index in [1.54, 1.807) is 19.1 Å². The Morgan fingerprint density at radius 3 is 2.46 bits per heavy atom. The van der Waals surface area contributed by atoms with Gasteiger partial charge in [0.15, 0.2) is 0 Å². The average molecular weight is 373 g/mol. The van der Waals surface area contributed by atoms with Crippen LogP contribution in [0.15, 0.2) is 29.3 Å². The number of hydrogen-bond acceptors (Lipinski definition) is 6. The lowest BCUT2D eigenvalue weighted by Crippen LogP contribution is -2.31. The smallest absolute Gasteiger partial charge is 0.346 e. The van der Waals surface area contributed by atoms with Crippen LogP contribution in [-0.2, 0) is 4.79 Å². The number of nitrogens with zero attached hydrogens (tertiary/aromatic N) is 3. The van der Waals surface area contributed by atoms with Crippen LogP contribution in [0.1, 0.15) is 34.6 Å². The molecule has 2 N–H and O–H groups in total. The van der Waals surface area contributed by atoms with Gasteiger partial charge in [-0.05, 0) is 31.0 Å². The number of aliphatic carboxylic acids is 1. The highest BCUT2D eigenvalue weighted by molar-refractivity contribution is 7.20. The minimum atomic E-state index is -1.16. The first-order chi connectivity index (χ1) is 12.4. The molecule has 0 aliphatic heterocycles. The standard InChI is InChI=1S/C17H15N3O5S/c1-3-10(16(22)23)20-13(9-4-6-18-7-5-9)19-14-11(15(20)21)8(2)12(26-14)17(24)25/h4-7,10H,3H2,1-2H3,(H,22,23)(H,24,25). The summed E-state index contributed by atoms with van der Waals surface area (Å²) in [5, 5.41) is 19.0.